The van der Waals surface area contributed by atoms with Crippen LogP contribution in [0.5, 0.6) is 0 Å². The van der Waals surface area contributed by atoms with Gasteiger partial charge >= 0.3 is 0 Å². The molecule has 0 atom stereocenters. The second-order valence-electron chi connectivity index (χ2n) is 6.35. The van der Waals surface area contributed by atoms with Crippen molar-refractivity contribution in [3.8, 4) is 0 Å². The molecule has 0 saturated heterocycles. The van der Waals surface area contributed by atoms with E-state index in [4.69, 9.17) is 11.6 Å². The van der Waals surface area contributed by atoms with Gasteiger partial charge < -0.3 is 10.6 Å². The van der Waals surface area contributed by atoms with Crippen LogP contribution in [0.4, 0.5) is 5.69 Å². The second-order valence-corrected chi connectivity index (χ2v) is 7.77. The molecule has 0 heterocycles. The molecule has 0 radical (unpaired) electrons. The number of halogens is 1. The SMILES string of the molecule is Cc1cccc(CSCC(=O)Nc2cc(Cl)ccc2C(=O)NC(C)C)c1. The van der Waals surface area contributed by atoms with Crippen LogP contribution in [0.15, 0.2) is 42.5 Å². The summed E-state index contributed by atoms with van der Waals surface area (Å²) in [7, 11) is 0. The molecule has 26 heavy (non-hydrogen) atoms. The number of rotatable bonds is 7. The van der Waals surface area contributed by atoms with Crippen molar-refractivity contribution in [3.63, 3.8) is 0 Å². The normalized spacial score (nSPS) is 10.7. The van der Waals surface area contributed by atoms with Crippen LogP contribution in [-0.4, -0.2) is 23.6 Å². The fourth-order valence-electron chi connectivity index (χ4n) is 2.41. The van der Waals surface area contributed by atoms with E-state index in [2.05, 4.69) is 16.7 Å². The lowest BCUT2D eigenvalue weighted by Crippen LogP contribution is -2.31. The van der Waals surface area contributed by atoms with Crippen molar-refractivity contribution in [2.75, 3.05) is 11.1 Å². The van der Waals surface area contributed by atoms with Gasteiger partial charge in [0, 0.05) is 16.8 Å². The van der Waals surface area contributed by atoms with Gasteiger partial charge in [0.25, 0.3) is 5.91 Å². The molecular formula is C20H23ClN2O2S. The van der Waals surface area contributed by atoms with E-state index in [1.807, 2.05) is 39.0 Å². The molecule has 2 amide bonds. The van der Waals surface area contributed by atoms with Crippen LogP contribution in [0.2, 0.25) is 5.02 Å². The van der Waals surface area contributed by atoms with E-state index >= 15 is 0 Å². The number of thioether (sulfide) groups is 1. The minimum atomic E-state index is -0.237. The highest BCUT2D eigenvalue weighted by atomic mass is 35.5. The van der Waals surface area contributed by atoms with E-state index in [9.17, 15) is 9.59 Å². The molecule has 0 aliphatic rings. The first kappa shape index (κ1) is 20.3. The van der Waals surface area contributed by atoms with Crippen molar-refractivity contribution in [3.05, 3.63) is 64.2 Å². The summed E-state index contributed by atoms with van der Waals surface area (Å²) in [5.41, 5.74) is 3.21. The maximum atomic E-state index is 12.3. The van der Waals surface area contributed by atoms with E-state index in [1.165, 1.54) is 22.9 Å². The largest absolute Gasteiger partial charge is 0.350 e. The van der Waals surface area contributed by atoms with Crippen LogP contribution in [0.1, 0.15) is 35.3 Å². The molecule has 0 fully saturated rings. The second kappa shape index (κ2) is 9.64. The van der Waals surface area contributed by atoms with Crippen LogP contribution in [-0.2, 0) is 10.5 Å². The van der Waals surface area contributed by atoms with Gasteiger partial charge in [-0.1, -0.05) is 41.4 Å². The Labute approximate surface area is 163 Å². The first-order valence-electron chi connectivity index (χ1n) is 8.38. The molecule has 138 valence electrons. The highest BCUT2D eigenvalue weighted by Crippen LogP contribution is 2.22. The smallest absolute Gasteiger partial charge is 0.253 e. The van der Waals surface area contributed by atoms with Gasteiger partial charge in [0.2, 0.25) is 5.91 Å². The molecule has 2 aromatic rings. The van der Waals surface area contributed by atoms with E-state index < -0.39 is 0 Å². The van der Waals surface area contributed by atoms with Crippen molar-refractivity contribution < 1.29 is 9.59 Å². The van der Waals surface area contributed by atoms with Crippen LogP contribution in [0.3, 0.4) is 0 Å². The molecule has 0 bridgehead atoms. The average molecular weight is 391 g/mol. The van der Waals surface area contributed by atoms with Crippen LogP contribution in [0.25, 0.3) is 0 Å². The molecule has 0 spiro atoms. The molecule has 2 N–H and O–H groups in total. The molecular weight excluding hydrogens is 368 g/mol. The highest BCUT2D eigenvalue weighted by molar-refractivity contribution is 7.99. The summed E-state index contributed by atoms with van der Waals surface area (Å²) in [6.07, 6.45) is 0. The lowest BCUT2D eigenvalue weighted by Gasteiger charge is -2.13. The van der Waals surface area contributed by atoms with Gasteiger partial charge in [-0.15, -0.1) is 11.8 Å². The van der Waals surface area contributed by atoms with Crippen molar-refractivity contribution >= 4 is 40.9 Å². The zero-order valence-electron chi connectivity index (χ0n) is 15.1. The predicted octanol–water partition coefficient (Wildman–Crippen LogP) is 4.66. The first-order chi connectivity index (χ1) is 12.3. The molecule has 2 rings (SSSR count). The number of carbonyl (C=O) groups is 2. The van der Waals surface area contributed by atoms with Gasteiger partial charge in [-0.25, -0.2) is 0 Å². The minimum absolute atomic E-state index is 0.00612. The number of hydrogen-bond donors (Lipinski definition) is 2. The molecule has 0 aromatic heterocycles. The molecule has 0 aliphatic heterocycles. The van der Waals surface area contributed by atoms with Gasteiger partial charge in [0.05, 0.1) is 17.0 Å². The lowest BCUT2D eigenvalue weighted by molar-refractivity contribution is -0.113. The maximum Gasteiger partial charge on any atom is 0.253 e. The minimum Gasteiger partial charge on any atom is -0.350 e. The van der Waals surface area contributed by atoms with Crippen molar-refractivity contribution in [1.29, 1.82) is 0 Å². The Morgan fingerprint density at radius 2 is 1.92 bits per heavy atom. The average Bonchev–Trinajstić information content (AvgIpc) is 2.54. The van der Waals surface area contributed by atoms with E-state index in [0.29, 0.717) is 22.0 Å². The number of aryl methyl sites for hydroxylation is 1. The number of nitrogens with one attached hydrogen (secondary N) is 2. The Morgan fingerprint density at radius 1 is 1.15 bits per heavy atom. The lowest BCUT2D eigenvalue weighted by atomic mass is 10.1. The summed E-state index contributed by atoms with van der Waals surface area (Å²) < 4.78 is 0. The fourth-order valence-corrected chi connectivity index (χ4v) is 3.35. The van der Waals surface area contributed by atoms with Crippen LogP contribution >= 0.6 is 23.4 Å². The van der Waals surface area contributed by atoms with Crippen molar-refractivity contribution in [2.24, 2.45) is 0 Å². The van der Waals surface area contributed by atoms with Gasteiger partial charge in [0.1, 0.15) is 0 Å². The molecule has 0 saturated carbocycles. The Kier molecular flexibility index (Phi) is 7.54. The summed E-state index contributed by atoms with van der Waals surface area (Å²) in [6, 6.07) is 13.1. The summed E-state index contributed by atoms with van der Waals surface area (Å²) >= 11 is 7.55. The summed E-state index contributed by atoms with van der Waals surface area (Å²) in [5.74, 6) is 0.653. The fraction of sp³-hybridized carbons (Fsp3) is 0.300. The maximum absolute atomic E-state index is 12.3. The number of benzene rings is 2. The topological polar surface area (TPSA) is 58.2 Å². The molecule has 0 aliphatic carbocycles. The predicted molar refractivity (Wildman–Crippen MR) is 110 cm³/mol. The van der Waals surface area contributed by atoms with Crippen molar-refractivity contribution in [1.82, 2.24) is 5.32 Å². The third-order valence-corrected chi connectivity index (χ3v) is 4.74. The van der Waals surface area contributed by atoms with E-state index in [-0.39, 0.29) is 17.9 Å². The number of anilines is 1. The summed E-state index contributed by atoms with van der Waals surface area (Å²) in [5, 5.41) is 6.09. The number of amides is 2. The van der Waals surface area contributed by atoms with Gasteiger partial charge in [0.15, 0.2) is 0 Å². The zero-order chi connectivity index (χ0) is 19.1. The van der Waals surface area contributed by atoms with E-state index in [0.717, 1.165) is 5.75 Å². The standard InChI is InChI=1S/C20H23ClN2O2S/c1-13(2)22-20(25)17-8-7-16(21)10-18(17)23-19(24)12-26-11-15-6-4-5-14(3)9-15/h4-10,13H,11-12H2,1-3H3,(H,22,25)(H,23,24). The molecule has 6 heteroatoms. The monoisotopic (exact) mass is 390 g/mol. The first-order valence-corrected chi connectivity index (χ1v) is 9.92. The summed E-state index contributed by atoms with van der Waals surface area (Å²) in [6.45, 7) is 5.81. The summed E-state index contributed by atoms with van der Waals surface area (Å²) in [4.78, 5) is 24.6. The van der Waals surface area contributed by atoms with Crippen LogP contribution < -0.4 is 10.6 Å². The molecule has 0 unspecified atom stereocenters. The van der Waals surface area contributed by atoms with E-state index in [1.54, 1.807) is 18.2 Å². The Morgan fingerprint density at radius 3 is 2.62 bits per heavy atom. The van der Waals surface area contributed by atoms with Crippen molar-refractivity contribution in [2.45, 2.75) is 32.6 Å². The molecule has 2 aromatic carbocycles. The molecule has 4 nitrogen and oxygen atoms in total. The van der Waals surface area contributed by atoms with Gasteiger partial charge in [-0.05, 0) is 44.5 Å². The highest BCUT2D eigenvalue weighted by Gasteiger charge is 2.15. The Hall–Kier alpha value is -1.98. The Bertz CT molecular complexity index is 793. The third-order valence-electron chi connectivity index (χ3n) is 3.50. The number of hydrogen-bond acceptors (Lipinski definition) is 3. The third kappa shape index (κ3) is 6.39. The Balaban J connectivity index is 1.97. The quantitative estimate of drug-likeness (QED) is 0.722. The number of carbonyl (C=O) groups excluding carboxylic acids is 2. The van der Waals surface area contributed by atoms with Gasteiger partial charge in [-0.2, -0.15) is 0 Å². The zero-order valence-corrected chi connectivity index (χ0v) is 16.7. The van der Waals surface area contributed by atoms with Gasteiger partial charge in [-0.3, -0.25) is 9.59 Å². The van der Waals surface area contributed by atoms with Crippen LogP contribution in [0, 0.1) is 6.92 Å².